The average Bonchev–Trinajstić information content (AvgIpc) is 3.32. The summed E-state index contributed by atoms with van der Waals surface area (Å²) < 4.78 is 29.1. The first-order chi connectivity index (χ1) is 13.1. The van der Waals surface area contributed by atoms with Gasteiger partial charge in [-0.2, -0.15) is 4.31 Å². The van der Waals surface area contributed by atoms with Gasteiger partial charge in [0.2, 0.25) is 10.0 Å². The van der Waals surface area contributed by atoms with E-state index < -0.39 is 10.0 Å². The van der Waals surface area contributed by atoms with Crippen LogP contribution in [0.4, 0.5) is 0 Å². The van der Waals surface area contributed by atoms with Gasteiger partial charge in [-0.3, -0.25) is 0 Å². The molecule has 1 fully saturated rings. The minimum atomic E-state index is -3.57. The van der Waals surface area contributed by atoms with Crippen LogP contribution in [-0.4, -0.2) is 24.8 Å². The third-order valence-electron chi connectivity index (χ3n) is 5.76. The van der Waals surface area contributed by atoms with Crippen LogP contribution in [0.15, 0.2) is 53.9 Å². The molecule has 0 aliphatic carbocycles. The lowest BCUT2D eigenvalue weighted by molar-refractivity contribution is 0.515. The second kappa shape index (κ2) is 7.49. The smallest absolute Gasteiger partial charge is 0.207 e. The third kappa shape index (κ3) is 3.56. The molecule has 1 saturated heterocycles. The second-order valence-electron chi connectivity index (χ2n) is 8.46. The molecule has 0 N–H and O–H groups in total. The van der Waals surface area contributed by atoms with Crippen LogP contribution in [0.2, 0.25) is 0 Å². The monoisotopic (exact) mass is 397 g/mol. The molecule has 2 aromatic rings. The van der Waals surface area contributed by atoms with Gasteiger partial charge < -0.3 is 0 Å². The lowest BCUT2D eigenvalue weighted by atomic mass is 9.91. The highest BCUT2D eigenvalue weighted by molar-refractivity contribution is 7.89. The van der Waals surface area contributed by atoms with Gasteiger partial charge in [-0.1, -0.05) is 67.4 Å². The van der Waals surface area contributed by atoms with Gasteiger partial charge in [-0.05, 0) is 50.3 Å². The average molecular weight is 398 g/mol. The Hall–Kier alpha value is -1.91. The van der Waals surface area contributed by atoms with E-state index in [9.17, 15) is 8.42 Å². The molecule has 1 aliphatic heterocycles. The number of aryl methyl sites for hydroxylation is 4. The molecule has 3 rings (SSSR count). The highest BCUT2D eigenvalue weighted by Crippen LogP contribution is 2.48. The van der Waals surface area contributed by atoms with Gasteiger partial charge >= 0.3 is 0 Å². The van der Waals surface area contributed by atoms with E-state index in [1.807, 2.05) is 39.0 Å². The van der Waals surface area contributed by atoms with E-state index in [0.717, 1.165) is 22.3 Å². The predicted octanol–water partition coefficient (Wildman–Crippen LogP) is 5.29. The fourth-order valence-corrected chi connectivity index (χ4v) is 6.92. The van der Waals surface area contributed by atoms with Crippen molar-refractivity contribution in [1.29, 1.82) is 0 Å². The Kier molecular flexibility index (Phi) is 5.57. The first kappa shape index (κ1) is 20.8. The molecule has 28 heavy (non-hydrogen) atoms. The molecule has 150 valence electrons. The summed E-state index contributed by atoms with van der Waals surface area (Å²) in [7, 11) is -3.57. The second-order valence-corrected chi connectivity index (χ2v) is 10.2. The minimum absolute atomic E-state index is 0.0191. The van der Waals surface area contributed by atoms with E-state index in [4.69, 9.17) is 0 Å². The Balaban J connectivity index is 2.05. The van der Waals surface area contributed by atoms with Crippen LogP contribution in [0.3, 0.4) is 0 Å². The summed E-state index contributed by atoms with van der Waals surface area (Å²) in [4.78, 5) is 0.456. The van der Waals surface area contributed by atoms with E-state index in [0.29, 0.717) is 4.90 Å². The number of rotatable bonds is 6. The van der Waals surface area contributed by atoms with E-state index in [1.54, 1.807) is 4.31 Å². The minimum Gasteiger partial charge on any atom is -0.207 e. The Bertz CT molecular complexity index is 967. The fraction of sp³-hybridized carbons (Fsp3) is 0.417. The molecular weight excluding hydrogens is 366 g/mol. The van der Waals surface area contributed by atoms with Crippen LogP contribution < -0.4 is 0 Å². The van der Waals surface area contributed by atoms with Crippen LogP contribution in [0.1, 0.15) is 47.6 Å². The normalized spacial score (nSPS) is 22.9. The molecule has 2 aromatic carbocycles. The van der Waals surface area contributed by atoms with Crippen molar-refractivity contribution in [3.8, 4) is 0 Å². The Morgan fingerprint density at radius 1 is 0.929 bits per heavy atom. The van der Waals surface area contributed by atoms with Gasteiger partial charge in [0.15, 0.2) is 0 Å². The highest BCUT2D eigenvalue weighted by Gasteiger charge is 2.59. The van der Waals surface area contributed by atoms with Crippen molar-refractivity contribution in [2.45, 2.75) is 64.4 Å². The number of nitrogens with zero attached hydrogens (tertiary/aromatic N) is 1. The van der Waals surface area contributed by atoms with Gasteiger partial charge in [-0.25, -0.2) is 8.42 Å². The summed E-state index contributed by atoms with van der Waals surface area (Å²) in [6.07, 6.45) is 1.90. The maximum atomic E-state index is 13.7. The number of sulfonamides is 1. The van der Waals surface area contributed by atoms with Crippen molar-refractivity contribution < 1.29 is 8.42 Å². The first-order valence-corrected chi connectivity index (χ1v) is 11.3. The SMILES string of the molecule is C=CC(c1ccc(C)cc1)[C@@H]1[C@H](C(C)C)N1S(=O)(=O)c1c(C)cc(C)cc1C. The summed E-state index contributed by atoms with van der Waals surface area (Å²) in [6, 6.07) is 12.1. The molecule has 4 heteroatoms. The Labute approximate surface area is 170 Å². The summed E-state index contributed by atoms with van der Waals surface area (Å²) in [6.45, 7) is 16.1. The van der Waals surface area contributed by atoms with Crippen LogP contribution >= 0.6 is 0 Å². The van der Waals surface area contributed by atoms with Crippen molar-refractivity contribution in [3.63, 3.8) is 0 Å². The fourth-order valence-electron chi connectivity index (χ4n) is 4.57. The Morgan fingerprint density at radius 3 is 1.93 bits per heavy atom. The van der Waals surface area contributed by atoms with Gasteiger partial charge in [-0.15, -0.1) is 6.58 Å². The molecule has 0 radical (unpaired) electrons. The quantitative estimate of drug-likeness (QED) is 0.491. The van der Waals surface area contributed by atoms with Crippen LogP contribution in [0.25, 0.3) is 0 Å². The topological polar surface area (TPSA) is 37.1 Å². The zero-order chi connectivity index (χ0) is 20.8. The number of hydrogen-bond donors (Lipinski definition) is 0. The van der Waals surface area contributed by atoms with Gasteiger partial charge in [0.25, 0.3) is 0 Å². The van der Waals surface area contributed by atoms with Gasteiger partial charge in [0.1, 0.15) is 0 Å². The molecular formula is C24H31NO2S. The standard InChI is InChI=1S/C24H31NO2S/c1-8-21(20-11-9-16(4)10-12-20)23-22(15(2)3)25(23)28(26,27)24-18(6)13-17(5)14-19(24)7/h8-15,21-23H,1H2,2-7H3/t21?,22-,23+,25?/m0/s1. The predicted molar refractivity (Wildman–Crippen MR) is 116 cm³/mol. The maximum absolute atomic E-state index is 13.7. The van der Waals surface area contributed by atoms with Crippen molar-refractivity contribution in [3.05, 3.63) is 76.9 Å². The van der Waals surface area contributed by atoms with E-state index in [1.165, 1.54) is 5.56 Å². The zero-order valence-electron chi connectivity index (χ0n) is 17.7. The summed E-state index contributed by atoms with van der Waals surface area (Å²) in [5.41, 5.74) is 5.03. The van der Waals surface area contributed by atoms with E-state index >= 15 is 0 Å². The molecule has 2 unspecified atom stereocenters. The molecule has 3 nitrogen and oxygen atoms in total. The first-order valence-electron chi connectivity index (χ1n) is 9.90. The van der Waals surface area contributed by atoms with Crippen molar-refractivity contribution >= 4 is 10.0 Å². The number of benzene rings is 2. The molecule has 0 bridgehead atoms. The van der Waals surface area contributed by atoms with Crippen LogP contribution in [-0.2, 0) is 10.0 Å². The molecule has 0 spiro atoms. The van der Waals surface area contributed by atoms with Crippen LogP contribution in [0.5, 0.6) is 0 Å². The molecule has 0 saturated carbocycles. The highest BCUT2D eigenvalue weighted by atomic mass is 32.2. The molecule has 1 heterocycles. The maximum Gasteiger partial charge on any atom is 0.244 e. The lowest BCUT2D eigenvalue weighted by Gasteiger charge is -2.16. The van der Waals surface area contributed by atoms with Crippen molar-refractivity contribution in [2.75, 3.05) is 0 Å². The molecule has 0 aromatic heterocycles. The van der Waals surface area contributed by atoms with Crippen molar-refractivity contribution in [1.82, 2.24) is 4.31 Å². The number of hydrogen-bond acceptors (Lipinski definition) is 2. The molecule has 0 amide bonds. The largest absolute Gasteiger partial charge is 0.244 e. The van der Waals surface area contributed by atoms with Crippen molar-refractivity contribution in [2.24, 2.45) is 5.92 Å². The zero-order valence-corrected chi connectivity index (χ0v) is 18.5. The summed E-state index contributed by atoms with van der Waals surface area (Å²) in [5.74, 6) is 0.215. The third-order valence-corrected chi connectivity index (χ3v) is 7.96. The molecule has 1 aliphatic rings. The van der Waals surface area contributed by atoms with Gasteiger partial charge in [0.05, 0.1) is 10.9 Å². The lowest BCUT2D eigenvalue weighted by Crippen LogP contribution is -2.21. The summed E-state index contributed by atoms with van der Waals surface area (Å²) in [5, 5.41) is 0. The van der Waals surface area contributed by atoms with Gasteiger partial charge in [0, 0.05) is 12.0 Å². The van der Waals surface area contributed by atoms with E-state index in [-0.39, 0.29) is 23.9 Å². The summed E-state index contributed by atoms with van der Waals surface area (Å²) >= 11 is 0. The molecule has 4 atom stereocenters. The van der Waals surface area contributed by atoms with E-state index in [2.05, 4.69) is 51.6 Å². The van der Waals surface area contributed by atoms with Crippen LogP contribution in [0, 0.1) is 33.6 Å². The Morgan fingerprint density at radius 2 is 1.46 bits per heavy atom.